The zero-order chi connectivity index (χ0) is 40.4. The molecule has 3 fully saturated rings. The van der Waals surface area contributed by atoms with Gasteiger partial charge in [-0.2, -0.15) is 0 Å². The summed E-state index contributed by atoms with van der Waals surface area (Å²) in [7, 11) is 3.74. The molecular weight excluding hydrogens is 708 g/mol. The number of cyclic esters (lactones) is 1. The highest BCUT2D eigenvalue weighted by atomic mass is 16.7. The van der Waals surface area contributed by atoms with Crippen molar-refractivity contribution in [3.8, 4) is 0 Å². The van der Waals surface area contributed by atoms with Gasteiger partial charge in [0, 0.05) is 36.2 Å². The molecule has 2 N–H and O–H groups in total. The molecule has 0 aliphatic carbocycles. The van der Waals surface area contributed by atoms with Gasteiger partial charge in [-0.1, -0.05) is 45.9 Å². The number of ketones is 2. The predicted molar refractivity (Wildman–Crippen MR) is 204 cm³/mol. The normalized spacial score (nSPS) is 38.1. The van der Waals surface area contributed by atoms with E-state index in [4.69, 9.17) is 23.7 Å². The number of amides is 1. The monoisotopic (exact) mass is 766 g/mol. The number of esters is 1. The van der Waals surface area contributed by atoms with Gasteiger partial charge in [-0.25, -0.2) is 4.79 Å². The highest BCUT2D eigenvalue weighted by Gasteiger charge is 2.57. The van der Waals surface area contributed by atoms with Crippen molar-refractivity contribution in [2.75, 3.05) is 20.7 Å². The number of fused-ring (bicyclic) bond motifs is 2. The lowest BCUT2D eigenvalue weighted by molar-refractivity contribution is -0.296. The van der Waals surface area contributed by atoms with E-state index in [2.05, 4.69) is 15.3 Å². The molecule has 0 saturated carbocycles. The Morgan fingerprint density at radius 3 is 2.36 bits per heavy atom. The van der Waals surface area contributed by atoms with Crippen LogP contribution in [0.1, 0.15) is 80.2 Å². The number of benzene rings is 1. The first-order valence-corrected chi connectivity index (χ1v) is 19.3. The number of aliphatic hydroxyl groups is 1. The number of carbonyl (C=O) groups excluding carboxylic acids is 4. The van der Waals surface area contributed by atoms with E-state index in [1.54, 1.807) is 53.9 Å². The van der Waals surface area contributed by atoms with Gasteiger partial charge < -0.3 is 39.0 Å². The fourth-order valence-corrected chi connectivity index (χ4v) is 8.63. The Kier molecular flexibility index (Phi) is 13.2. The van der Waals surface area contributed by atoms with Crippen LogP contribution in [0.4, 0.5) is 4.79 Å². The van der Waals surface area contributed by atoms with E-state index in [-0.39, 0.29) is 37.4 Å². The molecule has 1 aromatic carbocycles. The molecule has 3 aliphatic heterocycles. The molecule has 0 bridgehead atoms. The molecule has 14 heteroatoms. The van der Waals surface area contributed by atoms with Crippen molar-refractivity contribution in [1.29, 1.82) is 0 Å². The second-order valence-electron chi connectivity index (χ2n) is 16.2. The highest BCUT2D eigenvalue weighted by molar-refractivity contribution is 6.00. The van der Waals surface area contributed by atoms with E-state index in [9.17, 15) is 24.3 Å². The summed E-state index contributed by atoms with van der Waals surface area (Å²) in [5, 5.41) is 14.4. The van der Waals surface area contributed by atoms with Gasteiger partial charge in [0.15, 0.2) is 17.7 Å². The molecule has 14 nitrogen and oxygen atoms in total. The van der Waals surface area contributed by atoms with Crippen molar-refractivity contribution < 1.29 is 48.0 Å². The van der Waals surface area contributed by atoms with Crippen LogP contribution in [-0.4, -0.2) is 118 Å². The number of carbonyl (C=O) groups is 4. The van der Waals surface area contributed by atoms with E-state index in [1.165, 1.54) is 6.92 Å². The van der Waals surface area contributed by atoms with E-state index in [1.807, 2.05) is 56.3 Å². The predicted octanol–water partition coefficient (Wildman–Crippen LogP) is 4.50. The zero-order valence-corrected chi connectivity index (χ0v) is 33.7. The molecule has 0 unspecified atom stereocenters. The first-order chi connectivity index (χ1) is 25.9. The first kappa shape index (κ1) is 42.3. The van der Waals surface area contributed by atoms with Crippen LogP contribution in [0.3, 0.4) is 0 Å². The van der Waals surface area contributed by atoms with Gasteiger partial charge in [0.05, 0.1) is 41.5 Å². The second-order valence-corrected chi connectivity index (χ2v) is 16.2. The van der Waals surface area contributed by atoms with Crippen molar-refractivity contribution in [3.05, 3.63) is 42.2 Å². The number of likely N-dealkylation sites (N-methyl/N-ethyl adjacent to an activating group) is 1. The Hall–Kier alpha value is -3.82. The van der Waals surface area contributed by atoms with Crippen LogP contribution in [0.25, 0.3) is 17.1 Å². The molecule has 4 heterocycles. The van der Waals surface area contributed by atoms with Crippen molar-refractivity contribution >= 4 is 40.7 Å². The van der Waals surface area contributed by atoms with E-state index in [0.29, 0.717) is 6.42 Å². The summed E-state index contributed by atoms with van der Waals surface area (Å²) >= 11 is 0. The average Bonchev–Trinajstić information content (AvgIpc) is 3.47. The topological polar surface area (TPSA) is 176 Å². The number of aliphatic hydroxyl groups excluding tert-OH is 1. The number of alkyl carbamates (subject to hydrolysis) is 1. The molecule has 0 spiro atoms. The number of Topliss-reactive ketones (excluding diaryl/α,β-unsaturated/α-hetero) is 2. The van der Waals surface area contributed by atoms with Crippen LogP contribution in [0.2, 0.25) is 0 Å². The van der Waals surface area contributed by atoms with Gasteiger partial charge in [-0.05, 0) is 78.7 Å². The van der Waals surface area contributed by atoms with Gasteiger partial charge in [0.1, 0.15) is 23.9 Å². The van der Waals surface area contributed by atoms with Crippen LogP contribution in [0.5, 0.6) is 0 Å². The molecule has 5 rings (SSSR count). The maximum absolute atomic E-state index is 14.4. The van der Waals surface area contributed by atoms with Crippen LogP contribution in [0, 0.1) is 23.7 Å². The Balaban J connectivity index is 1.56. The van der Waals surface area contributed by atoms with Crippen molar-refractivity contribution in [2.24, 2.45) is 23.7 Å². The maximum Gasteiger partial charge on any atom is 0.408 e. The van der Waals surface area contributed by atoms with Gasteiger partial charge in [-0.3, -0.25) is 24.4 Å². The molecule has 302 valence electrons. The SMILES string of the molecule is CC[C@H]1OC(=O)[C@H](C)C(=O)[C@H](C)[C@@H](O[C@@H]2O[C@H](C)C[C@H](N(C)C)[C@H]2O)[C@](C)(OC/C=C/c2ccc3nccnc3c2)C[C@@H](C)C(=O)[C@H](C)[C@H]2NC(=O)O[C@@]21C. The summed E-state index contributed by atoms with van der Waals surface area (Å²) in [4.78, 5) is 66.0. The van der Waals surface area contributed by atoms with Crippen molar-refractivity contribution in [1.82, 2.24) is 20.2 Å². The van der Waals surface area contributed by atoms with Crippen LogP contribution >= 0.6 is 0 Å². The number of nitrogens with one attached hydrogen (secondary N) is 1. The van der Waals surface area contributed by atoms with E-state index >= 15 is 0 Å². The highest BCUT2D eigenvalue weighted by Crippen LogP contribution is 2.40. The zero-order valence-electron chi connectivity index (χ0n) is 33.7. The fourth-order valence-electron chi connectivity index (χ4n) is 8.63. The molecule has 13 atom stereocenters. The minimum atomic E-state index is -1.38. The third kappa shape index (κ3) is 8.93. The maximum atomic E-state index is 14.4. The molecule has 0 radical (unpaired) electrons. The molecule has 55 heavy (non-hydrogen) atoms. The summed E-state index contributed by atoms with van der Waals surface area (Å²) < 4.78 is 31.4. The van der Waals surface area contributed by atoms with Gasteiger partial charge in [0.25, 0.3) is 0 Å². The Morgan fingerprint density at radius 1 is 1.00 bits per heavy atom. The van der Waals surface area contributed by atoms with Gasteiger partial charge >= 0.3 is 12.1 Å². The molecule has 1 amide bonds. The summed E-state index contributed by atoms with van der Waals surface area (Å²) in [6.45, 7) is 13.8. The van der Waals surface area contributed by atoms with Crippen molar-refractivity contribution in [3.63, 3.8) is 0 Å². The van der Waals surface area contributed by atoms with Gasteiger partial charge in [-0.15, -0.1) is 0 Å². The molecule has 1 aromatic heterocycles. The number of hydrogen-bond donors (Lipinski definition) is 2. The van der Waals surface area contributed by atoms with Gasteiger partial charge in [0.2, 0.25) is 0 Å². The molecule has 3 saturated heterocycles. The summed E-state index contributed by atoms with van der Waals surface area (Å²) in [6, 6.07) is 4.56. The lowest BCUT2D eigenvalue weighted by atomic mass is 9.73. The third-order valence-electron chi connectivity index (χ3n) is 11.8. The minimum absolute atomic E-state index is 0.0530. The summed E-state index contributed by atoms with van der Waals surface area (Å²) in [5.41, 5.74) is -0.377. The van der Waals surface area contributed by atoms with E-state index in [0.717, 1.165) is 16.6 Å². The number of ether oxygens (including phenoxy) is 5. The van der Waals surface area contributed by atoms with Crippen LogP contribution in [-0.2, 0) is 38.1 Å². The lowest BCUT2D eigenvalue weighted by Gasteiger charge is -2.47. The Labute approximate surface area is 323 Å². The summed E-state index contributed by atoms with van der Waals surface area (Å²) in [6.07, 6.45) is 2.57. The number of hydrogen-bond acceptors (Lipinski definition) is 13. The third-order valence-corrected chi connectivity index (χ3v) is 11.8. The average molecular weight is 767 g/mol. The fraction of sp³-hybridized carbons (Fsp3) is 0.659. The second kappa shape index (κ2) is 17.1. The number of nitrogens with zero attached hydrogens (tertiary/aromatic N) is 3. The molecule has 3 aliphatic rings. The summed E-state index contributed by atoms with van der Waals surface area (Å²) in [5.74, 6) is -5.15. The quantitative estimate of drug-likeness (QED) is 0.284. The van der Waals surface area contributed by atoms with Crippen LogP contribution < -0.4 is 5.32 Å². The number of rotatable bonds is 8. The molecule has 2 aromatic rings. The first-order valence-electron chi connectivity index (χ1n) is 19.3. The minimum Gasteiger partial charge on any atom is -0.458 e. The Morgan fingerprint density at radius 2 is 1.69 bits per heavy atom. The van der Waals surface area contributed by atoms with Crippen molar-refractivity contribution in [2.45, 2.75) is 129 Å². The number of aromatic nitrogens is 2. The standard InChI is InChI=1S/C41H58N4O10/c1-11-31-41(8)35(44-39(50)55-41)24(4)32(46)22(2)21-40(7,51-18-12-13-27-14-15-28-29(20-27)43-17-16-42-28)36(25(5)33(47)26(6)37(49)53-31)54-38-34(48)30(45(9)10)19-23(3)52-38/h12-17,20,22-26,30-31,34-36,38,48H,11,18-19,21H2,1-10H3,(H,44,50)/b13-12+/t22-,23-,24+,25+,26-,30+,31-,34-,35-,36-,38+,40-,41-/m1/s1. The van der Waals surface area contributed by atoms with E-state index < -0.39 is 83.4 Å². The lowest BCUT2D eigenvalue weighted by Crippen LogP contribution is -2.60. The molecular formula is C41H58N4O10. The smallest absolute Gasteiger partial charge is 0.408 e. The Bertz CT molecular complexity index is 1750. The largest absolute Gasteiger partial charge is 0.458 e. The van der Waals surface area contributed by atoms with Crippen LogP contribution in [0.15, 0.2) is 36.7 Å².